The Kier molecular flexibility index (Phi) is 6.21. The van der Waals surface area contributed by atoms with Crippen LogP contribution >= 0.6 is 23.2 Å². The first kappa shape index (κ1) is 20.5. The van der Waals surface area contributed by atoms with Crippen LogP contribution in [0.5, 0.6) is 0 Å². The van der Waals surface area contributed by atoms with Crippen LogP contribution in [-0.2, 0) is 26.6 Å². The fraction of sp³-hybridized carbons (Fsp3) is 0.188. The molecule has 0 saturated carbocycles. The molecule has 0 radical (unpaired) electrons. The van der Waals surface area contributed by atoms with E-state index in [-0.39, 0.29) is 16.3 Å². The summed E-state index contributed by atoms with van der Waals surface area (Å²) in [5.74, 6) is -2.25. The molecular weight excluding hydrogens is 414 g/mol. The Morgan fingerprint density at radius 2 is 1.65 bits per heavy atom. The van der Waals surface area contributed by atoms with Crippen molar-refractivity contribution in [1.29, 1.82) is 0 Å². The molecule has 1 amide bonds. The molecule has 10 heteroatoms. The third-order valence-corrected chi connectivity index (χ3v) is 5.26. The topological polar surface area (TPSA) is 63.2 Å². The van der Waals surface area contributed by atoms with E-state index in [2.05, 4.69) is 5.32 Å². The van der Waals surface area contributed by atoms with Crippen LogP contribution in [-0.4, -0.2) is 20.1 Å². The Labute approximate surface area is 157 Å². The van der Waals surface area contributed by atoms with Gasteiger partial charge in [-0.1, -0.05) is 35.3 Å². The number of anilines is 1. The van der Waals surface area contributed by atoms with Gasteiger partial charge in [0, 0.05) is 5.02 Å². The van der Waals surface area contributed by atoms with Gasteiger partial charge in [0.05, 0.1) is 22.0 Å². The molecule has 2 rings (SSSR count). The summed E-state index contributed by atoms with van der Waals surface area (Å²) in [6.45, 7) is 0. The zero-order valence-corrected chi connectivity index (χ0v) is 15.3. The molecule has 0 aliphatic rings. The average Bonchev–Trinajstić information content (AvgIpc) is 2.49. The minimum Gasteiger partial charge on any atom is -0.324 e. The number of rotatable bonds is 5. The number of alkyl halides is 3. The van der Waals surface area contributed by atoms with E-state index in [9.17, 15) is 26.4 Å². The summed E-state index contributed by atoms with van der Waals surface area (Å²) < 4.78 is 61.7. The quantitative estimate of drug-likeness (QED) is 0.762. The lowest BCUT2D eigenvalue weighted by molar-refractivity contribution is -0.137. The van der Waals surface area contributed by atoms with Gasteiger partial charge in [-0.05, 0) is 35.9 Å². The van der Waals surface area contributed by atoms with Crippen LogP contribution in [0.3, 0.4) is 0 Å². The van der Waals surface area contributed by atoms with E-state index in [1.54, 1.807) is 0 Å². The molecule has 0 aromatic heterocycles. The van der Waals surface area contributed by atoms with Gasteiger partial charge in [-0.2, -0.15) is 13.2 Å². The number of amides is 1. The summed E-state index contributed by atoms with van der Waals surface area (Å²) in [4.78, 5) is 11.9. The second kappa shape index (κ2) is 7.85. The third kappa shape index (κ3) is 5.89. The third-order valence-electron chi connectivity index (χ3n) is 3.22. The van der Waals surface area contributed by atoms with Crippen LogP contribution in [0.2, 0.25) is 10.0 Å². The highest BCUT2D eigenvalue weighted by Crippen LogP contribution is 2.29. The smallest absolute Gasteiger partial charge is 0.324 e. The zero-order chi connectivity index (χ0) is 19.5. The average molecular weight is 426 g/mol. The molecule has 2 aromatic rings. The maximum absolute atomic E-state index is 12.5. The van der Waals surface area contributed by atoms with E-state index < -0.39 is 39.0 Å². The number of carbonyl (C=O) groups is 1. The van der Waals surface area contributed by atoms with E-state index in [1.165, 1.54) is 18.2 Å². The first-order valence-electron chi connectivity index (χ1n) is 7.08. The Morgan fingerprint density at radius 1 is 1.04 bits per heavy atom. The highest BCUT2D eigenvalue weighted by atomic mass is 35.5. The van der Waals surface area contributed by atoms with Crippen molar-refractivity contribution < 1.29 is 26.4 Å². The van der Waals surface area contributed by atoms with Gasteiger partial charge in [-0.25, -0.2) is 8.42 Å². The minimum atomic E-state index is -4.51. The lowest BCUT2D eigenvalue weighted by Gasteiger charge is -2.09. The normalized spacial score (nSPS) is 12.0. The molecule has 26 heavy (non-hydrogen) atoms. The molecule has 0 saturated heterocycles. The van der Waals surface area contributed by atoms with Crippen molar-refractivity contribution in [2.75, 3.05) is 11.1 Å². The summed E-state index contributed by atoms with van der Waals surface area (Å²) in [7, 11) is -3.89. The number of hydrogen-bond acceptors (Lipinski definition) is 3. The predicted molar refractivity (Wildman–Crippen MR) is 94.0 cm³/mol. The van der Waals surface area contributed by atoms with Crippen molar-refractivity contribution in [2.24, 2.45) is 0 Å². The Hall–Kier alpha value is -1.77. The van der Waals surface area contributed by atoms with Crippen LogP contribution < -0.4 is 5.32 Å². The number of hydrogen-bond donors (Lipinski definition) is 1. The molecule has 2 aromatic carbocycles. The molecule has 4 nitrogen and oxygen atoms in total. The molecule has 0 fully saturated rings. The Balaban J connectivity index is 2.04. The van der Waals surface area contributed by atoms with Gasteiger partial charge < -0.3 is 5.32 Å². The summed E-state index contributed by atoms with van der Waals surface area (Å²) >= 11 is 11.7. The van der Waals surface area contributed by atoms with E-state index in [0.717, 1.165) is 24.3 Å². The second-order valence-corrected chi connectivity index (χ2v) is 8.31. The molecule has 0 spiro atoms. The van der Waals surface area contributed by atoms with E-state index in [0.29, 0.717) is 5.02 Å². The van der Waals surface area contributed by atoms with Crippen molar-refractivity contribution in [3.8, 4) is 0 Å². The molecule has 140 valence electrons. The van der Waals surface area contributed by atoms with Gasteiger partial charge >= 0.3 is 6.18 Å². The molecule has 0 aliphatic heterocycles. The van der Waals surface area contributed by atoms with Crippen molar-refractivity contribution in [3.05, 3.63) is 63.6 Å². The standard InChI is InChI=1S/C16H12Cl2F3NO3S/c17-12-5-6-13(18)14(7-12)22-15(23)9-26(24,25)8-10-1-3-11(4-2-10)16(19,20)21/h1-7H,8-9H2,(H,22,23). The molecule has 0 unspecified atom stereocenters. The Bertz CT molecular complexity index is 913. The Morgan fingerprint density at radius 3 is 2.23 bits per heavy atom. The summed E-state index contributed by atoms with van der Waals surface area (Å²) in [5.41, 5.74) is -0.576. The van der Waals surface area contributed by atoms with Crippen LogP contribution in [0.1, 0.15) is 11.1 Å². The summed E-state index contributed by atoms with van der Waals surface area (Å²) in [6.07, 6.45) is -4.51. The van der Waals surface area contributed by atoms with E-state index >= 15 is 0 Å². The van der Waals surface area contributed by atoms with E-state index in [1.807, 2.05) is 0 Å². The van der Waals surface area contributed by atoms with Crippen molar-refractivity contribution in [2.45, 2.75) is 11.9 Å². The molecule has 0 bridgehead atoms. The number of nitrogens with one attached hydrogen (secondary N) is 1. The van der Waals surface area contributed by atoms with Gasteiger partial charge in [0.1, 0.15) is 5.75 Å². The fourth-order valence-corrected chi connectivity index (χ4v) is 3.69. The maximum Gasteiger partial charge on any atom is 0.416 e. The highest BCUT2D eigenvalue weighted by Gasteiger charge is 2.30. The molecule has 0 aliphatic carbocycles. The van der Waals surface area contributed by atoms with Gasteiger partial charge in [-0.3, -0.25) is 4.79 Å². The largest absolute Gasteiger partial charge is 0.416 e. The monoisotopic (exact) mass is 425 g/mol. The maximum atomic E-state index is 12.5. The SMILES string of the molecule is O=C(CS(=O)(=O)Cc1ccc(C(F)(F)F)cc1)Nc1cc(Cl)ccc1Cl. The van der Waals surface area contributed by atoms with Crippen LogP contribution in [0.25, 0.3) is 0 Å². The van der Waals surface area contributed by atoms with Gasteiger partial charge in [0.15, 0.2) is 9.84 Å². The lowest BCUT2D eigenvalue weighted by atomic mass is 10.1. The van der Waals surface area contributed by atoms with Crippen LogP contribution in [0, 0.1) is 0 Å². The molecule has 0 atom stereocenters. The minimum absolute atomic E-state index is 0.145. The number of benzene rings is 2. The molecule has 0 heterocycles. The zero-order valence-electron chi connectivity index (χ0n) is 13.0. The molecule has 1 N–H and O–H groups in total. The van der Waals surface area contributed by atoms with Gasteiger partial charge in [-0.15, -0.1) is 0 Å². The summed E-state index contributed by atoms with van der Waals surface area (Å²) in [6, 6.07) is 8.01. The van der Waals surface area contributed by atoms with E-state index in [4.69, 9.17) is 23.2 Å². The number of halogens is 5. The first-order chi connectivity index (χ1) is 12.0. The van der Waals surface area contributed by atoms with Gasteiger partial charge in [0.25, 0.3) is 0 Å². The van der Waals surface area contributed by atoms with Crippen molar-refractivity contribution in [1.82, 2.24) is 0 Å². The highest BCUT2D eigenvalue weighted by molar-refractivity contribution is 7.91. The predicted octanol–water partition coefficient (Wildman–Crippen LogP) is 4.57. The first-order valence-corrected chi connectivity index (χ1v) is 9.65. The van der Waals surface area contributed by atoms with Crippen LogP contribution in [0.4, 0.5) is 18.9 Å². The fourth-order valence-electron chi connectivity index (χ4n) is 2.07. The number of sulfone groups is 1. The van der Waals surface area contributed by atoms with Crippen LogP contribution in [0.15, 0.2) is 42.5 Å². The van der Waals surface area contributed by atoms with Crippen molar-refractivity contribution in [3.63, 3.8) is 0 Å². The lowest BCUT2D eigenvalue weighted by Crippen LogP contribution is -2.24. The van der Waals surface area contributed by atoms with Gasteiger partial charge in [0.2, 0.25) is 5.91 Å². The molecular formula is C16H12Cl2F3NO3S. The van der Waals surface area contributed by atoms with Crippen molar-refractivity contribution >= 4 is 44.6 Å². The second-order valence-electron chi connectivity index (χ2n) is 5.40. The summed E-state index contributed by atoms with van der Waals surface area (Å²) in [5, 5.41) is 2.82. The number of carbonyl (C=O) groups excluding carboxylic acids is 1.